The molecule has 1 amide bonds. The van der Waals surface area contributed by atoms with Gasteiger partial charge in [-0.3, -0.25) is 4.79 Å². The van der Waals surface area contributed by atoms with Crippen molar-refractivity contribution in [1.29, 1.82) is 0 Å². The molecule has 0 N–H and O–H groups in total. The van der Waals surface area contributed by atoms with Crippen LogP contribution in [0.2, 0.25) is 5.02 Å². The Morgan fingerprint density at radius 3 is 2.54 bits per heavy atom. The second-order valence-corrected chi connectivity index (χ2v) is 7.40. The fraction of sp³-hybridized carbons (Fsp3) is 0.450. The van der Waals surface area contributed by atoms with E-state index in [9.17, 15) is 4.79 Å². The van der Waals surface area contributed by atoms with Gasteiger partial charge >= 0.3 is 6.01 Å². The minimum Gasteiger partial charge on any atom is -0.458 e. The van der Waals surface area contributed by atoms with Crippen LogP contribution >= 0.6 is 11.6 Å². The Morgan fingerprint density at radius 1 is 1.11 bits per heavy atom. The second kappa shape index (κ2) is 8.75. The molecule has 0 aliphatic carbocycles. The highest BCUT2D eigenvalue weighted by Crippen LogP contribution is 2.21. The number of anilines is 1. The third-order valence-electron chi connectivity index (χ3n) is 5.02. The lowest BCUT2D eigenvalue weighted by Gasteiger charge is -2.32. The van der Waals surface area contributed by atoms with Crippen molar-refractivity contribution in [3.63, 3.8) is 0 Å². The zero-order valence-corrected chi connectivity index (χ0v) is 16.3. The van der Waals surface area contributed by atoms with Crippen molar-refractivity contribution in [1.82, 2.24) is 14.9 Å². The highest BCUT2D eigenvalue weighted by atomic mass is 35.5. The number of carbonyl (C=O) groups is 1. The van der Waals surface area contributed by atoms with Crippen molar-refractivity contribution in [3.05, 3.63) is 47.2 Å². The zero-order valence-electron chi connectivity index (χ0n) is 15.6. The summed E-state index contributed by atoms with van der Waals surface area (Å²) in [6.07, 6.45) is 4.64. The summed E-state index contributed by atoms with van der Waals surface area (Å²) in [5.41, 5.74) is 1.82. The predicted octanol–water partition coefficient (Wildman–Crippen LogP) is 2.65. The average molecular weight is 403 g/mol. The largest absolute Gasteiger partial charge is 0.458 e. The SMILES string of the molecule is O=C(c1ccc(N2CCOCC2)cc1)N1CCC[C@H](Oc2ncc(Cl)cn2)C1. The molecule has 1 aromatic carbocycles. The van der Waals surface area contributed by atoms with Crippen LogP contribution in [-0.2, 0) is 4.74 Å². The first-order valence-electron chi connectivity index (χ1n) is 9.55. The molecule has 1 atom stereocenters. The molecule has 0 spiro atoms. The quantitative estimate of drug-likeness (QED) is 0.783. The third-order valence-corrected chi connectivity index (χ3v) is 5.22. The molecule has 2 saturated heterocycles. The number of benzene rings is 1. The maximum absolute atomic E-state index is 12.9. The van der Waals surface area contributed by atoms with Gasteiger partial charge in [-0.25, -0.2) is 9.97 Å². The van der Waals surface area contributed by atoms with Crippen molar-refractivity contribution in [2.24, 2.45) is 0 Å². The molecule has 2 fully saturated rings. The Labute approximate surface area is 169 Å². The van der Waals surface area contributed by atoms with Crippen molar-refractivity contribution < 1.29 is 14.3 Å². The Balaban J connectivity index is 1.37. The van der Waals surface area contributed by atoms with Crippen molar-refractivity contribution in [3.8, 4) is 6.01 Å². The fourth-order valence-electron chi connectivity index (χ4n) is 3.55. The number of piperidine rings is 1. The lowest BCUT2D eigenvalue weighted by Crippen LogP contribution is -2.44. The zero-order chi connectivity index (χ0) is 19.3. The summed E-state index contributed by atoms with van der Waals surface area (Å²) in [5.74, 6) is 0.0267. The van der Waals surface area contributed by atoms with Gasteiger partial charge in [-0.05, 0) is 37.1 Å². The normalized spacial score (nSPS) is 20.1. The molecule has 2 aliphatic rings. The molecular weight excluding hydrogens is 380 g/mol. The Bertz CT molecular complexity index is 794. The van der Waals surface area contributed by atoms with E-state index in [-0.39, 0.29) is 12.0 Å². The van der Waals surface area contributed by atoms with Crippen molar-refractivity contribution >= 4 is 23.2 Å². The van der Waals surface area contributed by atoms with Crippen LogP contribution in [0.3, 0.4) is 0 Å². The lowest BCUT2D eigenvalue weighted by molar-refractivity contribution is 0.0516. The van der Waals surface area contributed by atoms with Gasteiger partial charge in [0.05, 0.1) is 37.2 Å². The van der Waals surface area contributed by atoms with Gasteiger partial charge in [0.2, 0.25) is 0 Å². The van der Waals surface area contributed by atoms with Gasteiger partial charge in [0.25, 0.3) is 5.91 Å². The Kier molecular flexibility index (Phi) is 5.92. The highest BCUT2D eigenvalue weighted by molar-refractivity contribution is 6.30. The van der Waals surface area contributed by atoms with Crippen LogP contribution in [0.5, 0.6) is 6.01 Å². The van der Waals surface area contributed by atoms with E-state index in [0.717, 1.165) is 51.4 Å². The number of amides is 1. The first-order valence-corrected chi connectivity index (χ1v) is 9.93. The van der Waals surface area contributed by atoms with Crippen LogP contribution in [0.15, 0.2) is 36.7 Å². The molecule has 7 nitrogen and oxygen atoms in total. The second-order valence-electron chi connectivity index (χ2n) is 6.96. The lowest BCUT2D eigenvalue weighted by atomic mass is 10.1. The van der Waals surface area contributed by atoms with E-state index >= 15 is 0 Å². The fourth-order valence-corrected chi connectivity index (χ4v) is 3.65. The van der Waals surface area contributed by atoms with E-state index in [1.54, 1.807) is 0 Å². The molecule has 28 heavy (non-hydrogen) atoms. The van der Waals surface area contributed by atoms with Crippen LogP contribution < -0.4 is 9.64 Å². The van der Waals surface area contributed by atoms with Crippen molar-refractivity contribution in [2.75, 3.05) is 44.3 Å². The maximum Gasteiger partial charge on any atom is 0.316 e. The van der Waals surface area contributed by atoms with E-state index < -0.39 is 0 Å². The van der Waals surface area contributed by atoms with Gasteiger partial charge in [0.15, 0.2) is 0 Å². The molecule has 2 aliphatic heterocycles. The van der Waals surface area contributed by atoms with E-state index in [2.05, 4.69) is 14.9 Å². The average Bonchev–Trinajstić information content (AvgIpc) is 2.76. The molecule has 148 valence electrons. The van der Waals surface area contributed by atoms with Gasteiger partial charge < -0.3 is 19.3 Å². The third kappa shape index (κ3) is 4.54. The number of rotatable bonds is 4. The smallest absolute Gasteiger partial charge is 0.316 e. The van der Waals surface area contributed by atoms with Gasteiger partial charge in [-0.1, -0.05) is 11.6 Å². The summed E-state index contributed by atoms with van der Waals surface area (Å²) < 4.78 is 11.2. The summed E-state index contributed by atoms with van der Waals surface area (Å²) in [7, 11) is 0. The van der Waals surface area contributed by atoms with Gasteiger partial charge in [0, 0.05) is 30.9 Å². The maximum atomic E-state index is 12.9. The molecule has 1 aromatic heterocycles. The molecular formula is C20H23ClN4O3. The summed E-state index contributed by atoms with van der Waals surface area (Å²) >= 11 is 5.80. The number of nitrogens with zero attached hydrogens (tertiary/aromatic N) is 4. The summed E-state index contributed by atoms with van der Waals surface area (Å²) in [4.78, 5) is 25.2. The number of halogens is 1. The monoisotopic (exact) mass is 402 g/mol. The van der Waals surface area contributed by atoms with Crippen LogP contribution in [0.25, 0.3) is 0 Å². The molecule has 3 heterocycles. The van der Waals surface area contributed by atoms with Crippen molar-refractivity contribution in [2.45, 2.75) is 18.9 Å². The van der Waals surface area contributed by atoms with Crippen LogP contribution in [0, 0.1) is 0 Å². The van der Waals surface area contributed by atoms with Gasteiger partial charge in [0.1, 0.15) is 6.10 Å². The van der Waals surface area contributed by atoms with E-state index in [0.29, 0.717) is 23.1 Å². The number of morpholine rings is 1. The Hall–Kier alpha value is -2.38. The number of ether oxygens (including phenoxy) is 2. The van der Waals surface area contributed by atoms with E-state index in [1.807, 2.05) is 29.2 Å². The first kappa shape index (κ1) is 19.0. The summed E-state index contributed by atoms with van der Waals surface area (Å²) in [6, 6.07) is 8.12. The van der Waals surface area contributed by atoms with Crippen LogP contribution in [-0.4, -0.2) is 66.3 Å². The van der Waals surface area contributed by atoms with E-state index in [4.69, 9.17) is 21.1 Å². The molecule has 0 unspecified atom stereocenters. The van der Waals surface area contributed by atoms with Gasteiger partial charge in [-0.2, -0.15) is 0 Å². The number of carbonyl (C=O) groups excluding carboxylic acids is 1. The van der Waals surface area contributed by atoms with Gasteiger partial charge in [-0.15, -0.1) is 0 Å². The highest BCUT2D eigenvalue weighted by Gasteiger charge is 2.26. The standard InChI is InChI=1S/C20H23ClN4O3/c21-16-12-22-20(23-13-16)28-18-2-1-7-25(14-18)19(26)15-3-5-17(6-4-15)24-8-10-27-11-9-24/h3-6,12-13,18H,1-2,7-11,14H2/t18-/m0/s1. The van der Waals surface area contributed by atoms with E-state index in [1.165, 1.54) is 12.4 Å². The number of aromatic nitrogens is 2. The minimum atomic E-state index is -0.119. The molecule has 0 saturated carbocycles. The number of hydrogen-bond donors (Lipinski definition) is 0. The summed E-state index contributed by atoms with van der Waals surface area (Å²) in [6.45, 7) is 4.50. The number of likely N-dealkylation sites (tertiary alicyclic amines) is 1. The molecule has 0 bridgehead atoms. The Morgan fingerprint density at radius 2 is 1.82 bits per heavy atom. The predicted molar refractivity (Wildman–Crippen MR) is 106 cm³/mol. The molecule has 8 heteroatoms. The number of hydrogen-bond acceptors (Lipinski definition) is 6. The first-order chi connectivity index (χ1) is 13.7. The van der Waals surface area contributed by atoms with Crippen LogP contribution in [0.1, 0.15) is 23.2 Å². The molecule has 4 rings (SSSR count). The molecule has 0 radical (unpaired) electrons. The topological polar surface area (TPSA) is 67.8 Å². The summed E-state index contributed by atoms with van der Waals surface area (Å²) in [5, 5.41) is 0.466. The molecule has 2 aromatic rings. The van der Waals surface area contributed by atoms with Crippen LogP contribution in [0.4, 0.5) is 5.69 Å². The minimum absolute atomic E-state index is 0.0267.